The molecule has 172 valence electrons. The predicted molar refractivity (Wildman–Crippen MR) is 105 cm³/mol. The van der Waals surface area contributed by atoms with Crippen molar-refractivity contribution >= 4 is 9.84 Å². The lowest BCUT2D eigenvalue weighted by Crippen LogP contribution is -2.42. The van der Waals surface area contributed by atoms with Crippen LogP contribution in [-0.4, -0.2) is 43.0 Å². The van der Waals surface area contributed by atoms with Crippen LogP contribution in [0.5, 0.6) is 0 Å². The summed E-state index contributed by atoms with van der Waals surface area (Å²) in [6.45, 7) is 2.88. The summed E-state index contributed by atoms with van der Waals surface area (Å²) in [4.78, 5) is 0.236. The minimum atomic E-state index is -4.78. The maximum Gasteiger partial charge on any atom is 0.522 e. The summed E-state index contributed by atoms with van der Waals surface area (Å²) in [6.07, 6.45) is -5.05. The Hall–Kier alpha value is -1.95. The van der Waals surface area contributed by atoms with E-state index in [1.807, 2.05) is 13.0 Å². The van der Waals surface area contributed by atoms with Gasteiger partial charge in [0, 0.05) is 13.7 Å². The number of benzene rings is 1. The van der Waals surface area contributed by atoms with E-state index < -0.39 is 33.7 Å². The third-order valence-corrected chi connectivity index (χ3v) is 7.89. The summed E-state index contributed by atoms with van der Waals surface area (Å²) in [5.74, 6) is 0. The zero-order valence-electron chi connectivity index (χ0n) is 17.5. The van der Waals surface area contributed by atoms with Gasteiger partial charge in [-0.1, -0.05) is 12.1 Å². The fraction of sp³-hybridized carbons (Fsp3) is 0.550. The first-order valence-corrected chi connectivity index (χ1v) is 11.1. The van der Waals surface area contributed by atoms with E-state index in [1.54, 1.807) is 25.1 Å². The van der Waals surface area contributed by atoms with Crippen LogP contribution in [0.2, 0.25) is 0 Å². The minimum Gasteiger partial charge on any atom is -0.372 e. The number of methoxy groups -OCH3 is 1. The van der Waals surface area contributed by atoms with Gasteiger partial charge < -0.3 is 9.47 Å². The Balaban J connectivity index is 1.89. The minimum absolute atomic E-state index is 0.0252. The Morgan fingerprint density at radius 2 is 2.06 bits per heavy atom. The van der Waals surface area contributed by atoms with Gasteiger partial charge in [0.05, 0.1) is 27.6 Å². The highest BCUT2D eigenvalue weighted by molar-refractivity contribution is 7.92. The lowest BCUT2D eigenvalue weighted by molar-refractivity contribution is -0.330. The molecule has 1 aliphatic heterocycles. The van der Waals surface area contributed by atoms with Gasteiger partial charge >= 0.3 is 6.36 Å². The first-order valence-electron chi connectivity index (χ1n) is 9.64. The van der Waals surface area contributed by atoms with Crippen LogP contribution in [-0.2, 0) is 37.4 Å². The molecule has 1 aromatic carbocycles. The monoisotopic (exact) mass is 462 g/mol. The number of alkyl halides is 3. The van der Waals surface area contributed by atoms with E-state index >= 15 is 0 Å². The van der Waals surface area contributed by atoms with Crippen molar-refractivity contribution in [2.45, 2.75) is 62.1 Å². The third kappa shape index (κ3) is 5.28. The molecular formula is C20H25F3N2O5S. The molecular weight excluding hydrogens is 437 g/mol. The van der Waals surface area contributed by atoms with Crippen molar-refractivity contribution < 1.29 is 35.8 Å². The average Bonchev–Trinajstić information content (AvgIpc) is 3.09. The van der Waals surface area contributed by atoms with Gasteiger partial charge in [0.25, 0.3) is 0 Å². The maximum atomic E-state index is 13.4. The van der Waals surface area contributed by atoms with Crippen LogP contribution >= 0.6 is 0 Å². The number of aryl methyl sites for hydroxylation is 1. The molecule has 2 atom stereocenters. The van der Waals surface area contributed by atoms with E-state index in [0.717, 1.165) is 5.56 Å². The van der Waals surface area contributed by atoms with Crippen molar-refractivity contribution in [3.05, 3.63) is 47.3 Å². The zero-order valence-corrected chi connectivity index (χ0v) is 18.3. The Labute approximate surface area is 179 Å². The largest absolute Gasteiger partial charge is 0.522 e. The fourth-order valence-electron chi connectivity index (χ4n) is 3.67. The number of rotatable bonds is 7. The second kappa shape index (κ2) is 8.89. The molecule has 2 unspecified atom stereocenters. The first kappa shape index (κ1) is 23.7. The molecule has 3 rings (SSSR count). The van der Waals surface area contributed by atoms with Crippen molar-refractivity contribution in [3.8, 4) is 0 Å². The van der Waals surface area contributed by atoms with Crippen LogP contribution in [0, 0.1) is 6.92 Å². The number of halogens is 3. The van der Waals surface area contributed by atoms with Crippen LogP contribution in [0.15, 0.2) is 35.2 Å². The Bertz CT molecular complexity index is 1020. The third-order valence-electron chi connectivity index (χ3n) is 5.34. The molecule has 1 aromatic heterocycles. The van der Waals surface area contributed by atoms with Gasteiger partial charge in [-0.3, -0.25) is 4.74 Å². The lowest BCUT2D eigenvalue weighted by Gasteiger charge is -2.37. The highest BCUT2D eigenvalue weighted by Gasteiger charge is 2.46. The van der Waals surface area contributed by atoms with E-state index in [4.69, 9.17) is 9.47 Å². The van der Waals surface area contributed by atoms with Crippen molar-refractivity contribution in [2.75, 3.05) is 13.7 Å². The van der Waals surface area contributed by atoms with Crippen LogP contribution in [0.4, 0.5) is 13.2 Å². The van der Waals surface area contributed by atoms with Crippen molar-refractivity contribution in [3.63, 3.8) is 0 Å². The predicted octanol–water partition coefficient (Wildman–Crippen LogP) is 3.92. The van der Waals surface area contributed by atoms with Gasteiger partial charge in [-0.15, -0.1) is 13.2 Å². The standard InChI is InChI=1S/C20H25F3N2O5S/c1-14-5-4-6-16(9-14)31(26,27)19(2)7-8-29-18(11-19)17-10-15(12-30-20(21,22)23)24-25(17)13-28-3/h4-6,9-10,18H,7-8,11-13H2,1-3H3. The van der Waals surface area contributed by atoms with Gasteiger partial charge in [0.1, 0.15) is 12.8 Å². The SMILES string of the molecule is COCn1nc(COC(F)(F)F)cc1C1CC(C)(S(=O)(=O)c2cccc(C)c2)CCO1. The average molecular weight is 462 g/mol. The molecule has 0 bridgehead atoms. The summed E-state index contributed by atoms with van der Waals surface area (Å²) in [5, 5.41) is 4.10. The van der Waals surface area contributed by atoms with Crippen LogP contribution in [0.3, 0.4) is 0 Å². The normalized spacial score (nSPS) is 22.6. The molecule has 1 saturated heterocycles. The van der Waals surface area contributed by atoms with Crippen molar-refractivity contribution in [2.24, 2.45) is 0 Å². The smallest absolute Gasteiger partial charge is 0.372 e. The van der Waals surface area contributed by atoms with Gasteiger partial charge in [-0.25, -0.2) is 13.1 Å². The molecule has 1 aliphatic rings. The molecule has 11 heteroatoms. The first-order chi connectivity index (χ1) is 14.4. The van der Waals surface area contributed by atoms with Gasteiger partial charge in [0.2, 0.25) is 0 Å². The Kier molecular flexibility index (Phi) is 6.80. The van der Waals surface area contributed by atoms with Crippen molar-refractivity contribution in [1.82, 2.24) is 9.78 Å². The molecule has 2 heterocycles. The summed E-state index contributed by atoms with van der Waals surface area (Å²) >= 11 is 0. The second-order valence-corrected chi connectivity index (χ2v) is 10.3. The summed E-state index contributed by atoms with van der Waals surface area (Å²) in [5.41, 5.74) is 1.32. The number of hydrogen-bond acceptors (Lipinski definition) is 6. The summed E-state index contributed by atoms with van der Waals surface area (Å²) in [7, 11) is -2.27. The van der Waals surface area contributed by atoms with Crippen molar-refractivity contribution in [1.29, 1.82) is 0 Å². The molecule has 31 heavy (non-hydrogen) atoms. The Morgan fingerprint density at radius 1 is 1.32 bits per heavy atom. The number of ether oxygens (including phenoxy) is 3. The lowest BCUT2D eigenvalue weighted by atomic mass is 9.94. The second-order valence-electron chi connectivity index (χ2n) is 7.80. The maximum absolute atomic E-state index is 13.4. The number of hydrogen-bond donors (Lipinski definition) is 0. The molecule has 0 amide bonds. The molecule has 1 fully saturated rings. The highest BCUT2D eigenvalue weighted by atomic mass is 32.2. The van der Waals surface area contributed by atoms with E-state index in [9.17, 15) is 21.6 Å². The molecule has 7 nitrogen and oxygen atoms in total. The van der Waals surface area contributed by atoms with Gasteiger partial charge in [0.15, 0.2) is 9.84 Å². The van der Waals surface area contributed by atoms with Gasteiger partial charge in [-0.05, 0) is 50.5 Å². The molecule has 0 saturated carbocycles. The summed E-state index contributed by atoms with van der Waals surface area (Å²) in [6, 6.07) is 8.15. The van der Waals surface area contributed by atoms with Gasteiger partial charge in [-0.2, -0.15) is 5.10 Å². The van der Waals surface area contributed by atoms with Crippen LogP contribution in [0.1, 0.15) is 42.8 Å². The van der Waals surface area contributed by atoms with Crippen LogP contribution < -0.4 is 0 Å². The molecule has 0 aliphatic carbocycles. The quantitative estimate of drug-likeness (QED) is 0.621. The topological polar surface area (TPSA) is 79.7 Å². The molecule has 2 aromatic rings. The van der Waals surface area contributed by atoms with E-state index in [0.29, 0.717) is 12.1 Å². The number of nitrogens with zero attached hydrogens (tertiary/aromatic N) is 2. The summed E-state index contributed by atoms with van der Waals surface area (Å²) < 4.78 is 79.0. The zero-order chi connectivity index (χ0) is 22.9. The molecule has 0 spiro atoms. The van der Waals surface area contributed by atoms with Crippen LogP contribution in [0.25, 0.3) is 0 Å². The molecule has 0 N–H and O–H groups in total. The number of aromatic nitrogens is 2. The molecule has 0 radical (unpaired) electrons. The van der Waals surface area contributed by atoms with E-state index in [1.165, 1.54) is 17.9 Å². The van der Waals surface area contributed by atoms with E-state index in [-0.39, 0.29) is 30.3 Å². The highest BCUT2D eigenvalue weighted by Crippen LogP contribution is 2.42. The number of sulfone groups is 1. The van der Waals surface area contributed by atoms with E-state index in [2.05, 4.69) is 9.84 Å². The fourth-order valence-corrected chi connectivity index (χ4v) is 5.56. The Morgan fingerprint density at radius 3 is 2.71 bits per heavy atom.